The van der Waals surface area contributed by atoms with Gasteiger partial charge in [-0.1, -0.05) is 0 Å². The Hall–Kier alpha value is -1.12. The highest BCUT2D eigenvalue weighted by Gasteiger charge is 1.88. The average molecular weight is 111 g/mol. The average Bonchev–Trinajstić information content (AvgIpc) is 1.77. The number of rotatable bonds is 0. The van der Waals surface area contributed by atoms with Crippen LogP contribution in [0.4, 0.5) is 0 Å². The highest BCUT2D eigenvalue weighted by Crippen LogP contribution is 1.76. The van der Waals surface area contributed by atoms with Gasteiger partial charge in [-0.3, -0.25) is 4.98 Å². The van der Waals surface area contributed by atoms with Crippen LogP contribution in [-0.4, -0.2) is 4.98 Å². The Kier molecular flexibility index (Phi) is 1.12. The van der Waals surface area contributed by atoms with E-state index in [1.54, 1.807) is 6.92 Å². The first-order valence-electron chi connectivity index (χ1n) is 2.21. The summed E-state index contributed by atoms with van der Waals surface area (Å²) in [4.78, 5) is 14.1. The third-order valence-corrected chi connectivity index (χ3v) is 0.800. The molecule has 0 atom stereocenters. The lowest BCUT2D eigenvalue weighted by Crippen LogP contribution is -2.02. The van der Waals surface area contributed by atoms with E-state index in [-0.39, 0.29) is 5.63 Å². The van der Waals surface area contributed by atoms with Gasteiger partial charge in [-0.15, -0.1) is 0 Å². The molecule has 0 aromatic carbocycles. The Balaban J connectivity index is 3.35. The van der Waals surface area contributed by atoms with Gasteiger partial charge in [0.1, 0.15) is 12.0 Å². The minimum atomic E-state index is -0.368. The standard InChI is InChI=1S/C5H5NO2/c1-4-5(7)8-3-2-6-4/h2-3H,1H3. The zero-order valence-electron chi connectivity index (χ0n) is 4.42. The molecule has 1 rings (SSSR count). The molecule has 42 valence electrons. The van der Waals surface area contributed by atoms with Crippen LogP contribution in [0.3, 0.4) is 0 Å². The van der Waals surface area contributed by atoms with Gasteiger partial charge in [0.15, 0.2) is 0 Å². The maximum absolute atomic E-state index is 10.4. The first-order chi connectivity index (χ1) is 3.80. The van der Waals surface area contributed by atoms with Gasteiger partial charge >= 0.3 is 5.63 Å². The van der Waals surface area contributed by atoms with Crippen molar-refractivity contribution in [2.75, 3.05) is 0 Å². The van der Waals surface area contributed by atoms with Crippen molar-refractivity contribution < 1.29 is 4.42 Å². The van der Waals surface area contributed by atoms with Crippen molar-refractivity contribution in [1.82, 2.24) is 4.98 Å². The fraction of sp³-hybridized carbons (Fsp3) is 0.200. The molecule has 0 radical (unpaired) electrons. The summed E-state index contributed by atoms with van der Waals surface area (Å²) in [5.41, 5.74) is 0.0278. The highest BCUT2D eigenvalue weighted by atomic mass is 16.4. The Labute approximate surface area is 46.0 Å². The molecule has 0 spiro atoms. The summed E-state index contributed by atoms with van der Waals surface area (Å²) in [5, 5.41) is 0. The van der Waals surface area contributed by atoms with Crippen LogP contribution in [0.15, 0.2) is 21.7 Å². The zero-order chi connectivity index (χ0) is 5.98. The van der Waals surface area contributed by atoms with E-state index in [4.69, 9.17) is 0 Å². The van der Waals surface area contributed by atoms with E-state index in [1.165, 1.54) is 12.5 Å². The second-order valence-electron chi connectivity index (χ2n) is 1.40. The Morgan fingerprint density at radius 2 is 2.50 bits per heavy atom. The Bertz CT molecular complexity index is 228. The predicted molar refractivity (Wildman–Crippen MR) is 27.5 cm³/mol. The molecule has 0 N–H and O–H groups in total. The first kappa shape index (κ1) is 5.03. The van der Waals surface area contributed by atoms with Gasteiger partial charge in [-0.05, 0) is 6.92 Å². The van der Waals surface area contributed by atoms with Crippen LogP contribution in [0.5, 0.6) is 0 Å². The van der Waals surface area contributed by atoms with E-state index < -0.39 is 0 Å². The largest absolute Gasteiger partial charge is 0.428 e. The van der Waals surface area contributed by atoms with Gasteiger partial charge in [-0.2, -0.15) is 0 Å². The fourth-order valence-electron chi connectivity index (χ4n) is 0.372. The topological polar surface area (TPSA) is 43.1 Å². The molecule has 0 saturated heterocycles. The molecule has 0 aliphatic rings. The van der Waals surface area contributed by atoms with Crippen LogP contribution in [-0.2, 0) is 0 Å². The normalized spacial score (nSPS) is 9.12. The summed E-state index contributed by atoms with van der Waals surface area (Å²) < 4.78 is 4.44. The summed E-state index contributed by atoms with van der Waals surface area (Å²) in [6.07, 6.45) is 2.70. The van der Waals surface area contributed by atoms with Crippen molar-refractivity contribution in [2.45, 2.75) is 6.92 Å². The van der Waals surface area contributed by atoms with Gasteiger partial charge in [0.05, 0.1) is 6.20 Å². The van der Waals surface area contributed by atoms with Crippen LogP contribution >= 0.6 is 0 Å². The smallest absolute Gasteiger partial charge is 0.357 e. The molecule has 0 fully saturated rings. The fourth-order valence-corrected chi connectivity index (χ4v) is 0.372. The molecule has 0 unspecified atom stereocenters. The van der Waals surface area contributed by atoms with Crippen molar-refractivity contribution in [3.63, 3.8) is 0 Å². The summed E-state index contributed by atoms with van der Waals surface area (Å²) in [6.45, 7) is 1.60. The molecule has 0 aliphatic heterocycles. The van der Waals surface area contributed by atoms with Gasteiger partial charge in [-0.25, -0.2) is 4.79 Å². The molecule has 0 aliphatic carbocycles. The van der Waals surface area contributed by atoms with Crippen molar-refractivity contribution in [1.29, 1.82) is 0 Å². The van der Waals surface area contributed by atoms with E-state index in [9.17, 15) is 4.79 Å². The number of nitrogens with zero attached hydrogens (tertiary/aromatic N) is 1. The number of hydrogen-bond acceptors (Lipinski definition) is 3. The van der Waals surface area contributed by atoms with Crippen LogP contribution < -0.4 is 5.63 Å². The second kappa shape index (κ2) is 1.78. The van der Waals surface area contributed by atoms with E-state index >= 15 is 0 Å². The predicted octanol–water partition coefficient (Wildman–Crippen LogP) is 0.343. The molecule has 3 heteroatoms. The molecule has 3 nitrogen and oxygen atoms in total. The summed E-state index contributed by atoms with van der Waals surface area (Å²) >= 11 is 0. The third-order valence-electron chi connectivity index (χ3n) is 0.800. The molecule has 0 amide bonds. The number of aryl methyl sites for hydroxylation is 1. The van der Waals surface area contributed by atoms with Crippen molar-refractivity contribution in [2.24, 2.45) is 0 Å². The van der Waals surface area contributed by atoms with Gasteiger partial charge in [0.2, 0.25) is 0 Å². The van der Waals surface area contributed by atoms with Crippen LogP contribution in [0.1, 0.15) is 5.69 Å². The lowest BCUT2D eigenvalue weighted by atomic mass is 10.5. The van der Waals surface area contributed by atoms with E-state index in [2.05, 4.69) is 9.40 Å². The van der Waals surface area contributed by atoms with Crippen molar-refractivity contribution >= 4 is 0 Å². The summed E-state index contributed by atoms with van der Waals surface area (Å²) in [6, 6.07) is 0. The highest BCUT2D eigenvalue weighted by molar-refractivity contribution is 4.86. The maximum Gasteiger partial charge on any atom is 0.357 e. The van der Waals surface area contributed by atoms with Gasteiger partial charge in [0, 0.05) is 0 Å². The van der Waals surface area contributed by atoms with Crippen molar-refractivity contribution in [3.8, 4) is 0 Å². The summed E-state index contributed by atoms with van der Waals surface area (Å²) in [5.74, 6) is 0. The number of hydrogen-bond donors (Lipinski definition) is 0. The van der Waals surface area contributed by atoms with Crippen molar-refractivity contribution in [3.05, 3.63) is 28.6 Å². The molecule has 1 heterocycles. The minimum absolute atomic E-state index is 0.368. The molecular formula is C5H5NO2. The zero-order valence-corrected chi connectivity index (χ0v) is 4.42. The minimum Gasteiger partial charge on any atom is -0.428 e. The molecule has 0 bridgehead atoms. The lowest BCUT2D eigenvalue weighted by Gasteiger charge is -1.81. The van der Waals surface area contributed by atoms with Crippen LogP contribution in [0.2, 0.25) is 0 Å². The Morgan fingerprint density at radius 1 is 1.75 bits per heavy atom. The molecule has 8 heavy (non-hydrogen) atoms. The van der Waals surface area contributed by atoms with E-state index in [1.807, 2.05) is 0 Å². The Morgan fingerprint density at radius 3 is 2.88 bits per heavy atom. The monoisotopic (exact) mass is 111 g/mol. The van der Waals surface area contributed by atoms with Gasteiger partial charge in [0.25, 0.3) is 0 Å². The molecular weight excluding hydrogens is 106 g/mol. The van der Waals surface area contributed by atoms with E-state index in [0.29, 0.717) is 5.69 Å². The maximum atomic E-state index is 10.4. The van der Waals surface area contributed by atoms with Crippen LogP contribution in [0.25, 0.3) is 0 Å². The first-order valence-corrected chi connectivity index (χ1v) is 2.21. The molecule has 1 aromatic rings. The van der Waals surface area contributed by atoms with E-state index in [0.717, 1.165) is 0 Å². The molecule has 1 aromatic heterocycles. The second-order valence-corrected chi connectivity index (χ2v) is 1.40. The SMILES string of the molecule is Cc1nccoc1=O. The summed E-state index contributed by atoms with van der Waals surface area (Å²) in [7, 11) is 0. The quantitative estimate of drug-likeness (QED) is 0.485. The third kappa shape index (κ3) is 0.753. The van der Waals surface area contributed by atoms with Gasteiger partial charge < -0.3 is 4.42 Å². The van der Waals surface area contributed by atoms with Crippen LogP contribution in [0, 0.1) is 6.92 Å². The number of aromatic nitrogens is 1. The molecule has 0 saturated carbocycles. The lowest BCUT2D eigenvalue weighted by molar-refractivity contribution is 0.495.